The second kappa shape index (κ2) is 4.28. The minimum absolute atomic E-state index is 0.215. The fraction of sp³-hybridized carbons (Fsp3) is 0.818. The molecule has 0 saturated carbocycles. The van der Waals surface area contributed by atoms with E-state index in [0.717, 1.165) is 12.0 Å². The third kappa shape index (κ3) is 2.44. The SMILES string of the molecule is C/C=C(\CNC)B1OC(C)(C)C(C)(C)O1. The van der Waals surface area contributed by atoms with Crippen LogP contribution in [-0.4, -0.2) is 31.9 Å². The summed E-state index contributed by atoms with van der Waals surface area (Å²) >= 11 is 0. The number of rotatable bonds is 3. The molecule has 1 fully saturated rings. The first-order valence-corrected chi connectivity index (χ1v) is 5.49. The van der Waals surface area contributed by atoms with E-state index in [1.54, 1.807) is 0 Å². The Hall–Kier alpha value is -0.315. The van der Waals surface area contributed by atoms with E-state index < -0.39 is 0 Å². The zero-order chi connectivity index (χ0) is 11.7. The first-order chi connectivity index (χ1) is 6.84. The lowest BCUT2D eigenvalue weighted by Gasteiger charge is -2.32. The van der Waals surface area contributed by atoms with Crippen LogP contribution in [0.1, 0.15) is 34.6 Å². The lowest BCUT2D eigenvalue weighted by molar-refractivity contribution is 0.00578. The van der Waals surface area contributed by atoms with E-state index in [1.807, 2.05) is 14.0 Å². The molecule has 86 valence electrons. The van der Waals surface area contributed by atoms with Crippen LogP contribution in [0.25, 0.3) is 0 Å². The van der Waals surface area contributed by atoms with Crippen molar-refractivity contribution in [1.29, 1.82) is 0 Å². The topological polar surface area (TPSA) is 30.5 Å². The first kappa shape index (κ1) is 12.8. The Morgan fingerprint density at radius 1 is 1.20 bits per heavy atom. The molecule has 0 unspecified atom stereocenters. The van der Waals surface area contributed by atoms with Crippen molar-refractivity contribution in [2.75, 3.05) is 13.6 Å². The van der Waals surface area contributed by atoms with Gasteiger partial charge in [-0.15, -0.1) is 0 Å². The molecule has 0 aromatic heterocycles. The van der Waals surface area contributed by atoms with Gasteiger partial charge < -0.3 is 14.6 Å². The highest BCUT2D eigenvalue weighted by Gasteiger charge is 2.51. The molecule has 0 atom stereocenters. The molecule has 0 spiro atoms. The summed E-state index contributed by atoms with van der Waals surface area (Å²) in [6.45, 7) is 11.1. The van der Waals surface area contributed by atoms with Gasteiger partial charge in [0.05, 0.1) is 11.2 Å². The molecule has 0 amide bonds. The van der Waals surface area contributed by atoms with E-state index in [4.69, 9.17) is 9.31 Å². The van der Waals surface area contributed by atoms with E-state index in [1.165, 1.54) is 0 Å². The van der Waals surface area contributed by atoms with Gasteiger partial charge in [0.25, 0.3) is 0 Å². The molecule has 1 aliphatic rings. The van der Waals surface area contributed by atoms with E-state index in [2.05, 4.69) is 39.1 Å². The molecule has 1 rings (SSSR count). The summed E-state index contributed by atoms with van der Waals surface area (Å²) in [5.41, 5.74) is 0.649. The Bertz CT molecular complexity index is 245. The van der Waals surface area contributed by atoms with Gasteiger partial charge in [-0.05, 0) is 47.1 Å². The fourth-order valence-corrected chi connectivity index (χ4v) is 1.52. The van der Waals surface area contributed by atoms with Crippen LogP contribution in [0.5, 0.6) is 0 Å². The summed E-state index contributed by atoms with van der Waals surface area (Å²) in [5.74, 6) is 0. The van der Waals surface area contributed by atoms with Crippen LogP contribution in [0.3, 0.4) is 0 Å². The van der Waals surface area contributed by atoms with Crippen LogP contribution in [0, 0.1) is 0 Å². The van der Waals surface area contributed by atoms with Crippen LogP contribution >= 0.6 is 0 Å². The predicted octanol–water partition coefficient (Wildman–Crippen LogP) is 1.78. The van der Waals surface area contributed by atoms with Crippen molar-refractivity contribution in [3.8, 4) is 0 Å². The van der Waals surface area contributed by atoms with Gasteiger partial charge in [-0.25, -0.2) is 0 Å². The molecule has 1 saturated heterocycles. The second-order valence-electron chi connectivity index (χ2n) is 4.98. The van der Waals surface area contributed by atoms with Crippen molar-refractivity contribution in [3.05, 3.63) is 11.5 Å². The highest BCUT2D eigenvalue weighted by molar-refractivity contribution is 6.54. The first-order valence-electron chi connectivity index (χ1n) is 5.49. The lowest BCUT2D eigenvalue weighted by atomic mass is 9.78. The van der Waals surface area contributed by atoms with Crippen LogP contribution in [0.15, 0.2) is 11.5 Å². The quantitative estimate of drug-likeness (QED) is 0.722. The van der Waals surface area contributed by atoms with Gasteiger partial charge in [-0.2, -0.15) is 0 Å². The number of allylic oxidation sites excluding steroid dienone is 1. The van der Waals surface area contributed by atoms with Crippen LogP contribution in [0.2, 0.25) is 0 Å². The molecule has 15 heavy (non-hydrogen) atoms. The van der Waals surface area contributed by atoms with Crippen molar-refractivity contribution in [2.45, 2.75) is 45.8 Å². The van der Waals surface area contributed by atoms with Gasteiger partial charge in [-0.1, -0.05) is 6.08 Å². The maximum Gasteiger partial charge on any atom is 0.491 e. The number of hydrogen-bond donors (Lipinski definition) is 1. The molecule has 1 heterocycles. The van der Waals surface area contributed by atoms with Crippen LogP contribution in [0.4, 0.5) is 0 Å². The van der Waals surface area contributed by atoms with Gasteiger partial charge >= 0.3 is 7.12 Å². The van der Waals surface area contributed by atoms with Crippen molar-refractivity contribution in [1.82, 2.24) is 5.32 Å². The van der Waals surface area contributed by atoms with Crippen molar-refractivity contribution >= 4 is 7.12 Å². The Kier molecular flexibility index (Phi) is 3.64. The van der Waals surface area contributed by atoms with E-state index in [-0.39, 0.29) is 18.3 Å². The number of nitrogens with one attached hydrogen (secondary N) is 1. The van der Waals surface area contributed by atoms with E-state index >= 15 is 0 Å². The molecule has 0 aromatic carbocycles. The largest absolute Gasteiger partial charge is 0.491 e. The van der Waals surface area contributed by atoms with Crippen molar-refractivity contribution in [3.63, 3.8) is 0 Å². The molecular formula is C11H22BNO2. The zero-order valence-electron chi connectivity index (χ0n) is 10.7. The summed E-state index contributed by atoms with van der Waals surface area (Å²) in [7, 11) is 1.71. The maximum absolute atomic E-state index is 5.94. The Morgan fingerprint density at radius 3 is 2.00 bits per heavy atom. The van der Waals surface area contributed by atoms with Gasteiger partial charge in [-0.3, -0.25) is 0 Å². The third-order valence-corrected chi connectivity index (χ3v) is 3.31. The summed E-state index contributed by atoms with van der Waals surface area (Å²) < 4.78 is 11.9. The molecular weight excluding hydrogens is 189 g/mol. The molecule has 3 nitrogen and oxygen atoms in total. The van der Waals surface area contributed by atoms with Gasteiger partial charge in [0.15, 0.2) is 0 Å². The molecule has 4 heteroatoms. The van der Waals surface area contributed by atoms with Gasteiger partial charge in [0.1, 0.15) is 0 Å². The van der Waals surface area contributed by atoms with E-state index in [0.29, 0.717) is 0 Å². The van der Waals surface area contributed by atoms with Gasteiger partial charge in [0, 0.05) is 6.54 Å². The average Bonchev–Trinajstić information content (AvgIpc) is 2.32. The molecule has 0 aromatic rings. The highest BCUT2D eigenvalue weighted by Crippen LogP contribution is 2.38. The van der Waals surface area contributed by atoms with Crippen molar-refractivity contribution < 1.29 is 9.31 Å². The third-order valence-electron chi connectivity index (χ3n) is 3.31. The number of likely N-dealkylation sites (N-methyl/N-ethyl adjacent to an activating group) is 1. The Labute approximate surface area is 93.4 Å². The fourth-order valence-electron chi connectivity index (χ4n) is 1.52. The molecule has 1 aliphatic heterocycles. The Morgan fingerprint density at radius 2 is 1.67 bits per heavy atom. The highest BCUT2D eigenvalue weighted by atomic mass is 16.7. The molecule has 0 bridgehead atoms. The van der Waals surface area contributed by atoms with Crippen LogP contribution in [-0.2, 0) is 9.31 Å². The summed E-state index contributed by atoms with van der Waals surface area (Å²) in [4.78, 5) is 0. The van der Waals surface area contributed by atoms with Gasteiger partial charge in [0.2, 0.25) is 0 Å². The molecule has 1 N–H and O–H groups in total. The zero-order valence-corrected chi connectivity index (χ0v) is 10.7. The summed E-state index contributed by atoms with van der Waals surface area (Å²) in [6, 6.07) is 0. The summed E-state index contributed by atoms with van der Waals surface area (Å²) in [6.07, 6.45) is 2.05. The van der Waals surface area contributed by atoms with E-state index in [9.17, 15) is 0 Å². The molecule has 0 aliphatic carbocycles. The number of hydrogen-bond acceptors (Lipinski definition) is 3. The monoisotopic (exact) mass is 211 g/mol. The second-order valence-corrected chi connectivity index (χ2v) is 4.98. The normalized spacial score (nSPS) is 24.7. The Balaban J connectivity index is 2.78. The smallest absolute Gasteiger partial charge is 0.400 e. The lowest BCUT2D eigenvalue weighted by Crippen LogP contribution is -2.41. The minimum Gasteiger partial charge on any atom is -0.400 e. The predicted molar refractivity (Wildman–Crippen MR) is 63.8 cm³/mol. The summed E-state index contributed by atoms with van der Waals surface area (Å²) in [5, 5.41) is 3.12. The standard InChI is InChI=1S/C11H22BNO2/c1-7-9(8-13-6)12-14-10(2,3)11(4,5)15-12/h7,13H,8H2,1-6H3/b9-7+. The molecule has 0 radical (unpaired) electrons. The maximum atomic E-state index is 5.94. The van der Waals surface area contributed by atoms with Crippen molar-refractivity contribution in [2.24, 2.45) is 0 Å². The van der Waals surface area contributed by atoms with Crippen LogP contribution < -0.4 is 5.32 Å². The minimum atomic E-state index is -0.250. The average molecular weight is 211 g/mol.